The topological polar surface area (TPSA) is 0 Å². The van der Waals surface area contributed by atoms with Crippen LogP contribution in [0.25, 0.3) is 32.7 Å². The lowest BCUT2D eigenvalue weighted by Crippen LogP contribution is -2.15. The molecule has 4 aromatic carbocycles. The fourth-order valence-electron chi connectivity index (χ4n) is 4.21. The highest BCUT2D eigenvalue weighted by Crippen LogP contribution is 2.49. The van der Waals surface area contributed by atoms with Crippen LogP contribution in [0.3, 0.4) is 0 Å². The van der Waals surface area contributed by atoms with Gasteiger partial charge in [0.05, 0.1) is 0 Å². The lowest BCUT2D eigenvalue weighted by Gasteiger charge is -2.22. The zero-order valence-electron chi connectivity index (χ0n) is 13.7. The van der Waals surface area contributed by atoms with E-state index < -0.39 is 0 Å². The number of hydrogen-bond donors (Lipinski definition) is 0. The van der Waals surface area contributed by atoms with Gasteiger partial charge < -0.3 is 0 Å². The minimum atomic E-state index is 0.0484. The van der Waals surface area contributed by atoms with Crippen molar-refractivity contribution < 1.29 is 0 Å². The van der Waals surface area contributed by atoms with Gasteiger partial charge in [-0.05, 0) is 68.1 Å². The van der Waals surface area contributed by atoms with Crippen LogP contribution in [0.5, 0.6) is 0 Å². The summed E-state index contributed by atoms with van der Waals surface area (Å²) in [7, 11) is 0. The molecule has 1 aliphatic carbocycles. The second-order valence-corrected chi connectivity index (χ2v) is 8.14. The monoisotopic (exact) mass is 372 g/mol. The maximum Gasteiger partial charge on any atom is 0.0175 e. The Labute approximate surface area is 150 Å². The first-order chi connectivity index (χ1) is 11.6. The molecule has 0 radical (unpaired) electrons. The van der Waals surface area contributed by atoms with Crippen molar-refractivity contribution in [1.82, 2.24) is 0 Å². The molecule has 116 valence electrons. The van der Waals surface area contributed by atoms with E-state index in [1.54, 1.807) is 0 Å². The highest BCUT2D eigenvalue weighted by molar-refractivity contribution is 9.10. The summed E-state index contributed by atoms with van der Waals surface area (Å²) < 4.78 is 1.12. The van der Waals surface area contributed by atoms with Crippen molar-refractivity contribution in [1.29, 1.82) is 0 Å². The van der Waals surface area contributed by atoms with Gasteiger partial charge in [-0.3, -0.25) is 0 Å². The van der Waals surface area contributed by atoms with E-state index in [2.05, 4.69) is 96.5 Å². The van der Waals surface area contributed by atoms with Gasteiger partial charge in [-0.25, -0.2) is 0 Å². The van der Waals surface area contributed by atoms with Gasteiger partial charge in [0.2, 0.25) is 0 Å². The Kier molecular flexibility index (Phi) is 2.79. The van der Waals surface area contributed by atoms with E-state index in [0.29, 0.717) is 0 Å². The Morgan fingerprint density at radius 1 is 0.667 bits per heavy atom. The molecule has 4 aromatic rings. The number of hydrogen-bond acceptors (Lipinski definition) is 0. The van der Waals surface area contributed by atoms with Crippen LogP contribution < -0.4 is 0 Å². The summed E-state index contributed by atoms with van der Waals surface area (Å²) in [6, 6.07) is 24.6. The summed E-state index contributed by atoms with van der Waals surface area (Å²) in [5.41, 5.74) is 5.51. The summed E-state index contributed by atoms with van der Waals surface area (Å²) >= 11 is 3.53. The van der Waals surface area contributed by atoms with Crippen LogP contribution in [-0.4, -0.2) is 0 Å². The highest BCUT2D eigenvalue weighted by Gasteiger charge is 2.34. The minimum absolute atomic E-state index is 0.0484. The van der Waals surface area contributed by atoms with Gasteiger partial charge in [-0.1, -0.05) is 72.2 Å². The van der Waals surface area contributed by atoms with E-state index in [-0.39, 0.29) is 5.41 Å². The summed E-state index contributed by atoms with van der Waals surface area (Å²) in [6.45, 7) is 4.70. The van der Waals surface area contributed by atoms with Gasteiger partial charge in [0.25, 0.3) is 0 Å². The van der Waals surface area contributed by atoms with Crippen LogP contribution in [-0.2, 0) is 5.41 Å². The van der Waals surface area contributed by atoms with E-state index in [0.717, 1.165) is 4.47 Å². The van der Waals surface area contributed by atoms with Crippen molar-refractivity contribution in [3.05, 3.63) is 82.3 Å². The van der Waals surface area contributed by atoms with Crippen LogP contribution in [0.4, 0.5) is 0 Å². The van der Waals surface area contributed by atoms with Crippen molar-refractivity contribution in [3.8, 4) is 11.1 Å². The SMILES string of the molecule is CC1(C)c2cccc3ccc4cc(-c5ccc(Br)cc5)cc1c4c23. The summed E-state index contributed by atoms with van der Waals surface area (Å²) in [5.74, 6) is 0. The molecule has 0 atom stereocenters. The fraction of sp³-hybridized carbons (Fsp3) is 0.130. The van der Waals surface area contributed by atoms with Gasteiger partial charge in [-0.2, -0.15) is 0 Å². The average Bonchev–Trinajstić information content (AvgIpc) is 2.83. The van der Waals surface area contributed by atoms with Gasteiger partial charge in [-0.15, -0.1) is 0 Å². The Balaban J connectivity index is 1.89. The van der Waals surface area contributed by atoms with E-state index in [9.17, 15) is 0 Å². The third kappa shape index (κ3) is 1.79. The number of rotatable bonds is 1. The molecule has 0 bridgehead atoms. The predicted octanol–water partition coefficient (Wildman–Crippen LogP) is 7.06. The van der Waals surface area contributed by atoms with Crippen LogP contribution in [0.1, 0.15) is 25.0 Å². The van der Waals surface area contributed by atoms with E-state index in [1.165, 1.54) is 43.8 Å². The third-order valence-electron chi connectivity index (χ3n) is 5.48. The molecule has 0 fully saturated rings. The first kappa shape index (κ1) is 14.2. The third-order valence-corrected chi connectivity index (χ3v) is 6.01. The molecule has 0 nitrogen and oxygen atoms in total. The minimum Gasteiger partial charge on any atom is -0.0613 e. The summed E-state index contributed by atoms with van der Waals surface area (Å²) in [5, 5.41) is 5.57. The van der Waals surface area contributed by atoms with Crippen LogP contribution in [0.2, 0.25) is 0 Å². The standard InChI is InChI=1S/C23H17Br/c1-23(2)19-5-3-4-15-6-7-16-12-17(13-20(23)22(16)21(15)19)14-8-10-18(24)11-9-14/h3-13H,1-2H3. The molecule has 0 aromatic heterocycles. The highest BCUT2D eigenvalue weighted by atomic mass is 79.9. The fourth-order valence-corrected chi connectivity index (χ4v) is 4.47. The molecule has 5 rings (SSSR count). The molecule has 0 spiro atoms. The Morgan fingerprint density at radius 2 is 1.38 bits per heavy atom. The zero-order valence-corrected chi connectivity index (χ0v) is 15.3. The molecule has 0 amide bonds. The van der Waals surface area contributed by atoms with Crippen molar-refractivity contribution in [3.63, 3.8) is 0 Å². The molecule has 0 unspecified atom stereocenters. The van der Waals surface area contributed by atoms with Gasteiger partial charge >= 0.3 is 0 Å². The van der Waals surface area contributed by atoms with Gasteiger partial charge in [0, 0.05) is 9.89 Å². The van der Waals surface area contributed by atoms with Crippen LogP contribution in [0.15, 0.2) is 71.2 Å². The van der Waals surface area contributed by atoms with Gasteiger partial charge in [0.15, 0.2) is 0 Å². The second-order valence-electron chi connectivity index (χ2n) is 7.22. The van der Waals surface area contributed by atoms with Gasteiger partial charge in [0.1, 0.15) is 0 Å². The molecule has 0 saturated carbocycles. The zero-order chi connectivity index (χ0) is 16.5. The van der Waals surface area contributed by atoms with E-state index >= 15 is 0 Å². The molecule has 0 heterocycles. The Bertz CT molecular complexity index is 1120. The summed E-state index contributed by atoms with van der Waals surface area (Å²) in [4.78, 5) is 0. The molecule has 1 heteroatoms. The quantitative estimate of drug-likeness (QED) is 0.313. The normalized spacial score (nSPS) is 14.8. The predicted molar refractivity (Wildman–Crippen MR) is 107 cm³/mol. The number of halogens is 1. The van der Waals surface area contributed by atoms with Crippen LogP contribution >= 0.6 is 15.9 Å². The molecule has 0 N–H and O–H groups in total. The van der Waals surface area contributed by atoms with Crippen molar-refractivity contribution in [2.45, 2.75) is 19.3 Å². The second kappa shape index (κ2) is 4.70. The first-order valence-corrected chi connectivity index (χ1v) is 9.11. The Morgan fingerprint density at radius 3 is 2.17 bits per heavy atom. The Hall–Kier alpha value is -2.12. The molecular formula is C23H17Br. The summed E-state index contributed by atoms with van der Waals surface area (Å²) in [6.07, 6.45) is 0. The first-order valence-electron chi connectivity index (χ1n) is 8.32. The molecule has 1 aliphatic rings. The van der Waals surface area contributed by atoms with Crippen molar-refractivity contribution >= 4 is 37.5 Å². The van der Waals surface area contributed by atoms with E-state index in [4.69, 9.17) is 0 Å². The maximum atomic E-state index is 3.53. The molecule has 0 aliphatic heterocycles. The lowest BCUT2D eigenvalue weighted by molar-refractivity contribution is 0.663. The lowest BCUT2D eigenvalue weighted by atomic mass is 9.81. The smallest absolute Gasteiger partial charge is 0.0175 e. The molecule has 0 saturated heterocycles. The maximum absolute atomic E-state index is 3.53. The van der Waals surface area contributed by atoms with Crippen LogP contribution in [0, 0.1) is 0 Å². The average molecular weight is 373 g/mol. The van der Waals surface area contributed by atoms with Crippen molar-refractivity contribution in [2.24, 2.45) is 0 Å². The largest absolute Gasteiger partial charge is 0.0613 e. The van der Waals surface area contributed by atoms with E-state index in [1.807, 2.05) is 0 Å². The van der Waals surface area contributed by atoms with Crippen molar-refractivity contribution in [2.75, 3.05) is 0 Å². The molecular weight excluding hydrogens is 356 g/mol. The number of benzene rings is 4. The molecule has 24 heavy (non-hydrogen) atoms.